The zero-order valence-electron chi connectivity index (χ0n) is 14.1. The lowest BCUT2D eigenvalue weighted by Gasteiger charge is -2.48. The highest BCUT2D eigenvalue weighted by atomic mass is 32.2. The van der Waals surface area contributed by atoms with Crippen LogP contribution in [0.25, 0.3) is 0 Å². The molecule has 1 amide bonds. The van der Waals surface area contributed by atoms with Gasteiger partial charge in [-0.05, 0) is 31.2 Å². The molecule has 2 heterocycles. The molecule has 2 aliphatic rings. The lowest BCUT2D eigenvalue weighted by atomic mass is 9.96. The van der Waals surface area contributed by atoms with Gasteiger partial charge in [-0.25, -0.2) is 4.79 Å². The van der Waals surface area contributed by atoms with Crippen LogP contribution in [0.2, 0.25) is 0 Å². The summed E-state index contributed by atoms with van der Waals surface area (Å²) in [5.41, 5.74) is 0.810. The van der Waals surface area contributed by atoms with Crippen molar-refractivity contribution in [3.05, 3.63) is 35.9 Å². The second-order valence-corrected chi connectivity index (χ2v) is 9.46. The molecule has 3 atom stereocenters. The number of carboxylic acids is 1. The molecule has 0 spiro atoms. The molecule has 0 radical (unpaired) electrons. The summed E-state index contributed by atoms with van der Waals surface area (Å²) in [5, 5.41) is 9.32. The van der Waals surface area contributed by atoms with Gasteiger partial charge in [0.1, 0.15) is 5.37 Å². The average molecular weight is 381 g/mol. The Kier molecular flexibility index (Phi) is 4.63. The van der Waals surface area contributed by atoms with E-state index in [-0.39, 0.29) is 22.8 Å². The molecule has 0 bridgehead atoms. The second kappa shape index (κ2) is 6.34. The summed E-state index contributed by atoms with van der Waals surface area (Å²) in [5.74, 6) is -1.56. The number of aliphatic carboxylic acids is 1. The summed E-state index contributed by atoms with van der Waals surface area (Å²) >= 11 is 2.10. The van der Waals surface area contributed by atoms with Crippen LogP contribution in [0.5, 0.6) is 0 Å². The first-order valence-electron chi connectivity index (χ1n) is 7.77. The van der Waals surface area contributed by atoms with Crippen molar-refractivity contribution in [3.63, 3.8) is 0 Å². The predicted molar refractivity (Wildman–Crippen MR) is 96.2 cm³/mol. The highest BCUT2D eigenvalue weighted by Gasteiger charge is 2.74. The number of hydrogen-bond acceptors (Lipinski definition) is 6. The predicted octanol–water partition coefficient (Wildman–Crippen LogP) is 1.98. The van der Waals surface area contributed by atoms with E-state index in [0.29, 0.717) is 0 Å². The number of nitrogens with zero attached hydrogens (tertiary/aromatic N) is 1. The first-order chi connectivity index (χ1) is 11.7. The number of rotatable bonds is 5. The van der Waals surface area contributed by atoms with E-state index in [4.69, 9.17) is 4.74 Å². The topological polar surface area (TPSA) is 83.9 Å². The van der Waals surface area contributed by atoms with Crippen LogP contribution in [0.15, 0.2) is 30.3 Å². The van der Waals surface area contributed by atoms with E-state index in [1.54, 1.807) is 13.8 Å². The lowest BCUT2D eigenvalue weighted by molar-refractivity contribution is -0.175. The zero-order valence-corrected chi connectivity index (χ0v) is 15.7. The number of hydrogen-bond donors (Lipinski definition) is 1. The van der Waals surface area contributed by atoms with E-state index in [9.17, 15) is 19.5 Å². The maximum absolute atomic E-state index is 12.6. The Morgan fingerprint density at radius 2 is 1.96 bits per heavy atom. The number of carbonyl (C=O) groups excluding carboxylic acids is 2. The van der Waals surface area contributed by atoms with Gasteiger partial charge >= 0.3 is 5.97 Å². The third-order valence-electron chi connectivity index (χ3n) is 4.56. The third-order valence-corrected chi connectivity index (χ3v) is 7.82. The van der Waals surface area contributed by atoms with Gasteiger partial charge in [0.05, 0.1) is 4.75 Å². The molecule has 134 valence electrons. The molecular weight excluding hydrogens is 362 g/mol. The molecule has 6 nitrogen and oxygen atoms in total. The molecule has 2 saturated heterocycles. The van der Waals surface area contributed by atoms with E-state index in [2.05, 4.69) is 0 Å². The summed E-state index contributed by atoms with van der Waals surface area (Å²) in [6, 6.07) is 9.14. The fraction of sp³-hybridized carbons (Fsp3) is 0.471. The Labute approximate surface area is 154 Å². The first-order valence-corrected chi connectivity index (χ1v) is 9.47. The fourth-order valence-electron chi connectivity index (χ4n) is 3.32. The summed E-state index contributed by atoms with van der Waals surface area (Å²) < 4.78 is 4.34. The minimum Gasteiger partial charge on any atom is -0.479 e. The second-order valence-electron chi connectivity index (χ2n) is 6.47. The Hall–Kier alpha value is -1.51. The molecule has 2 aliphatic heterocycles. The molecule has 0 aromatic heterocycles. The minimum absolute atomic E-state index is 0.113. The number of methoxy groups -OCH3 is 1. The largest absolute Gasteiger partial charge is 0.479 e. The molecular formula is C17H19NO5S2. The van der Waals surface area contributed by atoms with Gasteiger partial charge in [0.25, 0.3) is 5.91 Å². The van der Waals surface area contributed by atoms with Crippen LogP contribution in [-0.2, 0) is 25.5 Å². The number of ether oxygens (including phenoxy) is 1. The number of β-lactam (4-membered cyclic amide) rings is 1. The smallest absolute Gasteiger partial charge is 0.342 e. The highest BCUT2D eigenvalue weighted by Crippen LogP contribution is 2.61. The molecule has 1 N–H and O–H groups in total. The third kappa shape index (κ3) is 2.67. The van der Waals surface area contributed by atoms with Crippen molar-refractivity contribution >= 4 is 40.5 Å². The molecule has 3 rings (SSSR count). The normalized spacial score (nSPS) is 29.9. The van der Waals surface area contributed by atoms with Crippen molar-refractivity contribution in [3.8, 4) is 0 Å². The lowest BCUT2D eigenvalue weighted by Crippen LogP contribution is -2.71. The number of carboxylic acid groups (broad SMARTS) is 1. The van der Waals surface area contributed by atoms with E-state index < -0.39 is 21.7 Å². The summed E-state index contributed by atoms with van der Waals surface area (Å²) in [6.07, 6.45) is -0.544. The quantitative estimate of drug-likeness (QED) is 0.781. The molecule has 0 unspecified atom stereocenters. The molecule has 1 aromatic rings. The molecule has 8 heteroatoms. The summed E-state index contributed by atoms with van der Waals surface area (Å²) in [6.45, 7) is 3.51. The van der Waals surface area contributed by atoms with Crippen LogP contribution in [-0.4, -0.2) is 55.2 Å². The molecule has 0 aliphatic carbocycles. The van der Waals surface area contributed by atoms with Crippen molar-refractivity contribution in [1.82, 2.24) is 4.90 Å². The zero-order chi connectivity index (χ0) is 18.4. The van der Waals surface area contributed by atoms with Gasteiger partial charge in [0, 0.05) is 13.5 Å². The molecule has 0 saturated carbocycles. The molecule has 25 heavy (non-hydrogen) atoms. The van der Waals surface area contributed by atoms with Gasteiger partial charge in [0.2, 0.25) is 4.87 Å². The maximum atomic E-state index is 12.6. The van der Waals surface area contributed by atoms with Crippen LogP contribution in [0.4, 0.5) is 0 Å². The maximum Gasteiger partial charge on any atom is 0.342 e. The van der Waals surface area contributed by atoms with Gasteiger partial charge in [-0.15, -0.1) is 11.8 Å². The Morgan fingerprint density at radius 1 is 1.32 bits per heavy atom. The summed E-state index contributed by atoms with van der Waals surface area (Å²) in [4.78, 5) is 36.9. The van der Waals surface area contributed by atoms with Crippen molar-refractivity contribution in [1.29, 1.82) is 0 Å². The minimum atomic E-state index is -1.64. The van der Waals surface area contributed by atoms with Gasteiger partial charge in [-0.3, -0.25) is 14.5 Å². The number of carbonyl (C=O) groups is 3. The Bertz CT molecular complexity index is 723. The summed E-state index contributed by atoms with van der Waals surface area (Å²) in [7, 11) is 1.43. The van der Waals surface area contributed by atoms with Crippen LogP contribution >= 0.6 is 23.5 Å². The van der Waals surface area contributed by atoms with Crippen LogP contribution in [0.3, 0.4) is 0 Å². The van der Waals surface area contributed by atoms with Crippen molar-refractivity contribution in [2.24, 2.45) is 0 Å². The first kappa shape index (κ1) is 18.3. The Morgan fingerprint density at radius 3 is 2.52 bits per heavy atom. The molecule has 1 aromatic carbocycles. The van der Waals surface area contributed by atoms with E-state index in [0.717, 1.165) is 17.3 Å². The van der Waals surface area contributed by atoms with Crippen LogP contribution < -0.4 is 0 Å². The standard InChI is InChI=1S/C17H19NO5S2/c1-16(2)17(15(21)22,18-13(20)12(23-3)14(18)25-16)24-11(19)9-10-7-5-4-6-8-10/h4-8,12,14H,9H2,1-3H3,(H,21,22)/t12-,14-,17-/m1/s1. The highest BCUT2D eigenvalue weighted by molar-refractivity contribution is 8.16. The van der Waals surface area contributed by atoms with Crippen LogP contribution in [0.1, 0.15) is 19.4 Å². The monoisotopic (exact) mass is 381 g/mol. The number of benzene rings is 1. The van der Waals surface area contributed by atoms with Gasteiger partial charge < -0.3 is 9.84 Å². The van der Waals surface area contributed by atoms with E-state index >= 15 is 0 Å². The van der Waals surface area contributed by atoms with Crippen molar-refractivity contribution in [2.75, 3.05) is 7.11 Å². The number of fused-ring (bicyclic) bond motifs is 1. The fourth-order valence-corrected chi connectivity index (χ4v) is 6.52. The van der Waals surface area contributed by atoms with E-state index in [1.165, 1.54) is 23.8 Å². The van der Waals surface area contributed by atoms with Gasteiger partial charge in [-0.2, -0.15) is 0 Å². The SMILES string of the molecule is CO[C@@H]1C(=O)N2[C@@H]1SC(C)(C)[C@]2(SC(=O)Cc1ccccc1)C(=O)O. The van der Waals surface area contributed by atoms with Crippen molar-refractivity contribution in [2.45, 2.75) is 41.4 Å². The Balaban J connectivity index is 1.90. The average Bonchev–Trinajstić information content (AvgIpc) is 2.74. The number of thioether (sulfide) groups is 2. The van der Waals surface area contributed by atoms with Crippen molar-refractivity contribution < 1.29 is 24.2 Å². The number of amides is 1. The van der Waals surface area contributed by atoms with E-state index in [1.807, 2.05) is 30.3 Å². The molecule has 2 fully saturated rings. The van der Waals surface area contributed by atoms with Crippen LogP contribution in [0, 0.1) is 0 Å². The van der Waals surface area contributed by atoms with Gasteiger partial charge in [0.15, 0.2) is 11.2 Å². The van der Waals surface area contributed by atoms with Gasteiger partial charge in [-0.1, -0.05) is 30.3 Å².